The van der Waals surface area contributed by atoms with E-state index in [1.807, 2.05) is 37.4 Å². The molecule has 9 nitrogen and oxygen atoms in total. The Labute approximate surface area is 202 Å². The van der Waals surface area contributed by atoms with Crippen LogP contribution in [0, 0.1) is 10.1 Å². The number of aromatic nitrogens is 3. The first kappa shape index (κ1) is 22.5. The molecule has 2 N–H and O–H groups in total. The van der Waals surface area contributed by atoms with Gasteiger partial charge in [0.15, 0.2) is 0 Å². The van der Waals surface area contributed by atoms with Crippen molar-refractivity contribution in [1.82, 2.24) is 19.9 Å². The predicted molar refractivity (Wildman–Crippen MR) is 133 cm³/mol. The number of nitro benzene ring substituents is 1. The summed E-state index contributed by atoms with van der Waals surface area (Å²) in [5.74, 6) is 0.155. The molecule has 5 rings (SSSR count). The Morgan fingerprint density at radius 2 is 1.94 bits per heavy atom. The van der Waals surface area contributed by atoms with Gasteiger partial charge in [-0.3, -0.25) is 19.9 Å². The van der Waals surface area contributed by atoms with E-state index in [-0.39, 0.29) is 17.6 Å². The summed E-state index contributed by atoms with van der Waals surface area (Å²) in [6.45, 7) is 3.08. The number of fused-ring (bicyclic) bond motifs is 1. The molecule has 0 spiro atoms. The molecule has 4 heterocycles. The number of carbonyl (C=O) groups is 1. The molecule has 1 aliphatic rings. The zero-order valence-corrected chi connectivity index (χ0v) is 19.3. The molecule has 1 atom stereocenters. The van der Waals surface area contributed by atoms with E-state index in [2.05, 4.69) is 26.3 Å². The van der Waals surface area contributed by atoms with Crippen molar-refractivity contribution >= 4 is 28.3 Å². The normalized spacial score (nSPS) is 15.2. The zero-order valence-electron chi connectivity index (χ0n) is 19.3. The van der Waals surface area contributed by atoms with Gasteiger partial charge in [-0.2, -0.15) is 0 Å². The average Bonchev–Trinajstić information content (AvgIpc) is 3.33. The van der Waals surface area contributed by atoms with Gasteiger partial charge < -0.3 is 15.2 Å². The van der Waals surface area contributed by atoms with E-state index in [4.69, 9.17) is 0 Å². The summed E-state index contributed by atoms with van der Waals surface area (Å²) in [5.41, 5.74) is 3.43. The molecule has 9 heteroatoms. The summed E-state index contributed by atoms with van der Waals surface area (Å²) in [7, 11) is 0. The maximum Gasteiger partial charge on any atom is 0.293 e. The Kier molecular flexibility index (Phi) is 6.13. The Hall–Kier alpha value is -4.27. The third kappa shape index (κ3) is 4.57. The van der Waals surface area contributed by atoms with Crippen LogP contribution in [0.5, 0.6) is 0 Å². The largest absolute Gasteiger partial charge is 0.371 e. The first-order chi connectivity index (χ1) is 17.0. The molecule has 1 unspecified atom stereocenters. The number of amides is 1. The lowest BCUT2D eigenvalue weighted by Gasteiger charge is -2.32. The van der Waals surface area contributed by atoms with Crippen LogP contribution in [0.2, 0.25) is 0 Å². The van der Waals surface area contributed by atoms with E-state index < -0.39 is 4.92 Å². The van der Waals surface area contributed by atoms with Crippen molar-refractivity contribution in [3.05, 3.63) is 94.1 Å². The van der Waals surface area contributed by atoms with Crippen LogP contribution in [0.3, 0.4) is 0 Å². The molecule has 1 saturated heterocycles. The second-order valence-electron chi connectivity index (χ2n) is 8.82. The Bertz CT molecular complexity index is 1360. The molecule has 1 aromatic carbocycles. The van der Waals surface area contributed by atoms with Gasteiger partial charge in [0.25, 0.3) is 11.6 Å². The van der Waals surface area contributed by atoms with Crippen molar-refractivity contribution in [2.75, 3.05) is 18.4 Å². The lowest BCUT2D eigenvalue weighted by atomic mass is 9.89. The second-order valence-corrected chi connectivity index (χ2v) is 8.82. The highest BCUT2D eigenvalue weighted by Gasteiger charge is 2.28. The van der Waals surface area contributed by atoms with Crippen molar-refractivity contribution in [3.63, 3.8) is 0 Å². The number of benzene rings is 1. The molecule has 1 aliphatic heterocycles. The van der Waals surface area contributed by atoms with Gasteiger partial charge in [0.2, 0.25) is 0 Å². The highest BCUT2D eigenvalue weighted by molar-refractivity contribution is 5.96. The number of carbonyl (C=O) groups excluding carboxylic acids is 1. The van der Waals surface area contributed by atoms with E-state index in [9.17, 15) is 14.9 Å². The van der Waals surface area contributed by atoms with Crippen LogP contribution in [0.4, 0.5) is 11.4 Å². The van der Waals surface area contributed by atoms with Gasteiger partial charge in [0.1, 0.15) is 11.3 Å². The Morgan fingerprint density at radius 1 is 1.14 bits per heavy atom. The molecule has 1 amide bonds. The number of anilines is 1. The van der Waals surface area contributed by atoms with Crippen LogP contribution in [0.1, 0.15) is 53.3 Å². The number of pyridine rings is 2. The number of nitro groups is 1. The fourth-order valence-corrected chi connectivity index (χ4v) is 4.77. The fraction of sp³-hybridized carbons (Fsp3) is 0.269. The molecule has 4 aromatic rings. The van der Waals surface area contributed by atoms with Crippen molar-refractivity contribution in [2.24, 2.45) is 0 Å². The number of piperidine rings is 1. The zero-order chi connectivity index (χ0) is 24.4. The number of rotatable bonds is 6. The predicted octanol–water partition coefficient (Wildman–Crippen LogP) is 5.06. The average molecular weight is 471 g/mol. The van der Waals surface area contributed by atoms with Gasteiger partial charge in [-0.05, 0) is 67.6 Å². The molecule has 0 bridgehead atoms. The first-order valence-electron chi connectivity index (χ1n) is 11.7. The first-order valence-corrected chi connectivity index (χ1v) is 11.7. The summed E-state index contributed by atoms with van der Waals surface area (Å²) < 4.78 is 0. The molecule has 3 aromatic heterocycles. The quantitative estimate of drug-likeness (QED) is 0.300. The van der Waals surface area contributed by atoms with Crippen molar-refractivity contribution in [2.45, 2.75) is 31.7 Å². The summed E-state index contributed by atoms with van der Waals surface area (Å²) in [6, 6.07) is 13.9. The minimum atomic E-state index is -0.457. The highest BCUT2D eigenvalue weighted by atomic mass is 16.6. The van der Waals surface area contributed by atoms with Crippen molar-refractivity contribution in [1.29, 1.82) is 0 Å². The van der Waals surface area contributed by atoms with Crippen LogP contribution < -0.4 is 5.32 Å². The van der Waals surface area contributed by atoms with Crippen LogP contribution in [0.25, 0.3) is 11.0 Å². The van der Waals surface area contributed by atoms with Crippen LogP contribution in [-0.4, -0.2) is 43.8 Å². The van der Waals surface area contributed by atoms with Crippen molar-refractivity contribution in [3.8, 4) is 0 Å². The summed E-state index contributed by atoms with van der Waals surface area (Å²) in [5, 5.41) is 16.1. The second kappa shape index (κ2) is 9.54. The van der Waals surface area contributed by atoms with Gasteiger partial charge in [0, 0.05) is 48.7 Å². The third-order valence-electron chi connectivity index (χ3n) is 6.65. The lowest BCUT2D eigenvalue weighted by Crippen LogP contribution is -2.37. The SMILES string of the molecule is CC(Nc1ccc(C(=O)N2CCC(c3c[nH]c4ncccc34)CC2)cc1[N+](=O)[O-])c1ccccn1. The number of aromatic amines is 1. The molecule has 1 fully saturated rings. The Balaban J connectivity index is 1.29. The smallest absolute Gasteiger partial charge is 0.293 e. The molecule has 178 valence electrons. The molecular formula is C26H26N6O3. The lowest BCUT2D eigenvalue weighted by molar-refractivity contribution is -0.384. The highest BCUT2D eigenvalue weighted by Crippen LogP contribution is 2.34. The number of hydrogen-bond acceptors (Lipinski definition) is 6. The standard InChI is InChI=1S/C26H26N6O3/c1-17(22-6-2-3-11-27-22)30-23-8-7-19(15-24(23)32(34)35)26(33)31-13-9-18(10-14-31)21-16-29-25-20(21)5-4-12-28-25/h2-8,11-12,15-18,30H,9-10,13-14H2,1H3,(H,28,29). The van der Waals surface area contributed by atoms with Crippen LogP contribution in [-0.2, 0) is 0 Å². The molecule has 0 aliphatic carbocycles. The molecule has 0 radical (unpaired) electrons. The van der Waals surface area contributed by atoms with Gasteiger partial charge >= 0.3 is 0 Å². The summed E-state index contributed by atoms with van der Waals surface area (Å²) in [4.78, 5) is 38.2. The van der Waals surface area contributed by atoms with Crippen LogP contribution in [0.15, 0.2) is 67.1 Å². The third-order valence-corrected chi connectivity index (χ3v) is 6.65. The minimum Gasteiger partial charge on any atom is -0.371 e. The van der Waals surface area contributed by atoms with Gasteiger partial charge in [-0.1, -0.05) is 6.07 Å². The van der Waals surface area contributed by atoms with E-state index in [1.165, 1.54) is 11.6 Å². The van der Waals surface area contributed by atoms with E-state index in [0.29, 0.717) is 30.3 Å². The maximum absolute atomic E-state index is 13.2. The van der Waals surface area contributed by atoms with Gasteiger partial charge in [-0.15, -0.1) is 0 Å². The fourth-order valence-electron chi connectivity index (χ4n) is 4.77. The molecule has 35 heavy (non-hydrogen) atoms. The summed E-state index contributed by atoms with van der Waals surface area (Å²) in [6.07, 6.45) is 7.13. The number of likely N-dealkylation sites (tertiary alicyclic amines) is 1. The van der Waals surface area contributed by atoms with Gasteiger partial charge in [0.05, 0.1) is 16.7 Å². The van der Waals surface area contributed by atoms with E-state index >= 15 is 0 Å². The van der Waals surface area contributed by atoms with Crippen LogP contribution >= 0.6 is 0 Å². The minimum absolute atomic E-state index is 0.125. The topological polar surface area (TPSA) is 117 Å². The summed E-state index contributed by atoms with van der Waals surface area (Å²) >= 11 is 0. The maximum atomic E-state index is 13.2. The van der Waals surface area contributed by atoms with E-state index in [1.54, 1.807) is 29.4 Å². The van der Waals surface area contributed by atoms with Crippen molar-refractivity contribution < 1.29 is 9.72 Å². The number of H-pyrrole nitrogens is 1. The number of nitrogens with one attached hydrogen (secondary N) is 2. The molecule has 0 saturated carbocycles. The Morgan fingerprint density at radius 3 is 2.69 bits per heavy atom. The molecular weight excluding hydrogens is 444 g/mol. The van der Waals surface area contributed by atoms with Gasteiger partial charge in [-0.25, -0.2) is 4.98 Å². The number of hydrogen-bond donors (Lipinski definition) is 2. The van der Waals surface area contributed by atoms with E-state index in [0.717, 1.165) is 29.6 Å². The monoisotopic (exact) mass is 470 g/mol. The number of nitrogens with zero attached hydrogens (tertiary/aromatic N) is 4.